The minimum atomic E-state index is -0.957. The molecule has 2 rings (SSSR count). The summed E-state index contributed by atoms with van der Waals surface area (Å²) in [6.45, 7) is 2.24. The lowest BCUT2D eigenvalue weighted by Crippen LogP contribution is -2.68. The Bertz CT molecular complexity index is 738. The molecular weight excluding hydrogens is 396 g/mol. The lowest BCUT2D eigenvalue weighted by molar-refractivity contribution is -0.156. The summed E-state index contributed by atoms with van der Waals surface area (Å²) in [4.78, 5) is 28.1. The van der Waals surface area contributed by atoms with E-state index in [0.717, 1.165) is 11.1 Å². The van der Waals surface area contributed by atoms with Crippen molar-refractivity contribution in [1.29, 1.82) is 0 Å². The maximum Gasteiger partial charge on any atom is 0.260 e. The molecule has 0 radical (unpaired) electrons. The van der Waals surface area contributed by atoms with Crippen molar-refractivity contribution in [3.05, 3.63) is 41.5 Å². The Balaban J connectivity index is 2.17. The highest BCUT2D eigenvalue weighted by Gasteiger charge is 2.53. The van der Waals surface area contributed by atoms with Gasteiger partial charge in [0.2, 0.25) is 0 Å². The Morgan fingerprint density at radius 2 is 1.89 bits per heavy atom. The molecule has 8 heteroatoms. The third kappa shape index (κ3) is 4.50. The van der Waals surface area contributed by atoms with E-state index in [4.69, 9.17) is 9.84 Å². The molecule has 0 aliphatic carbocycles. The van der Waals surface area contributed by atoms with Gasteiger partial charge in [-0.25, -0.2) is 0 Å². The molecule has 1 saturated heterocycles. The van der Waals surface area contributed by atoms with Gasteiger partial charge in [-0.05, 0) is 48.8 Å². The van der Waals surface area contributed by atoms with Crippen molar-refractivity contribution in [2.45, 2.75) is 23.6 Å². The molecular formula is C20H28N2O4S2. The Hall–Kier alpha value is -1.64. The van der Waals surface area contributed by atoms with Crippen molar-refractivity contribution in [3.8, 4) is 5.75 Å². The number of ether oxygens (including phenoxy) is 1. The summed E-state index contributed by atoms with van der Waals surface area (Å²) in [5, 5.41) is 8.52. The van der Waals surface area contributed by atoms with Crippen LogP contribution in [0.15, 0.2) is 35.9 Å². The third-order valence-electron chi connectivity index (χ3n) is 4.95. The van der Waals surface area contributed by atoms with Crippen molar-refractivity contribution in [2.75, 3.05) is 39.8 Å². The molecule has 2 atom stereocenters. The first-order valence-corrected chi connectivity index (χ1v) is 11.4. The molecule has 1 N–H and O–H groups in total. The van der Waals surface area contributed by atoms with Gasteiger partial charge in [0.1, 0.15) is 12.4 Å². The van der Waals surface area contributed by atoms with Crippen LogP contribution in [0.3, 0.4) is 0 Å². The number of hydrogen-bond acceptors (Lipinski definition) is 6. The van der Waals surface area contributed by atoms with Crippen molar-refractivity contribution >= 4 is 35.3 Å². The second-order valence-electron chi connectivity index (χ2n) is 6.73. The number of amides is 2. The van der Waals surface area contributed by atoms with Gasteiger partial charge in [-0.15, -0.1) is 23.5 Å². The summed E-state index contributed by atoms with van der Waals surface area (Å²) in [5.74, 6) is 0.587. The van der Waals surface area contributed by atoms with Gasteiger partial charge < -0.3 is 19.6 Å². The number of aliphatic hydroxyl groups is 1. The Morgan fingerprint density at radius 3 is 2.43 bits per heavy atom. The molecule has 0 saturated carbocycles. The van der Waals surface area contributed by atoms with E-state index in [0.29, 0.717) is 18.8 Å². The first kappa shape index (κ1) is 22.6. The number of thioether (sulfide) groups is 2. The maximum absolute atomic E-state index is 13.2. The third-order valence-corrected chi connectivity index (χ3v) is 7.18. The quantitative estimate of drug-likeness (QED) is 0.646. The van der Waals surface area contributed by atoms with Crippen LogP contribution < -0.4 is 4.74 Å². The fourth-order valence-electron chi connectivity index (χ4n) is 3.11. The normalized spacial score (nSPS) is 23.4. The van der Waals surface area contributed by atoms with Gasteiger partial charge in [-0.1, -0.05) is 12.1 Å². The average molecular weight is 425 g/mol. The second kappa shape index (κ2) is 9.71. The van der Waals surface area contributed by atoms with Crippen LogP contribution in [0.1, 0.15) is 12.5 Å². The van der Waals surface area contributed by atoms with E-state index in [1.807, 2.05) is 49.8 Å². The molecule has 0 unspecified atom stereocenters. The smallest absolute Gasteiger partial charge is 0.260 e. The molecule has 154 valence electrons. The van der Waals surface area contributed by atoms with E-state index in [2.05, 4.69) is 0 Å². The van der Waals surface area contributed by atoms with Crippen LogP contribution in [0.2, 0.25) is 0 Å². The number of piperazine rings is 1. The number of benzene rings is 1. The van der Waals surface area contributed by atoms with Crippen molar-refractivity contribution < 1.29 is 19.4 Å². The van der Waals surface area contributed by atoms with E-state index in [1.54, 1.807) is 23.9 Å². The van der Waals surface area contributed by atoms with Crippen LogP contribution in [0.25, 0.3) is 0 Å². The van der Waals surface area contributed by atoms with Gasteiger partial charge in [0.05, 0.1) is 6.61 Å². The highest BCUT2D eigenvalue weighted by molar-refractivity contribution is 8.01. The van der Waals surface area contributed by atoms with E-state index >= 15 is 0 Å². The summed E-state index contributed by atoms with van der Waals surface area (Å²) in [6, 6.07) is 7.55. The van der Waals surface area contributed by atoms with Crippen molar-refractivity contribution in [3.63, 3.8) is 0 Å². The van der Waals surface area contributed by atoms with E-state index in [-0.39, 0.29) is 18.4 Å². The number of likely N-dealkylation sites (N-methyl/N-ethyl adjacent to an activating group) is 2. The molecule has 1 aromatic carbocycles. The second-order valence-corrected chi connectivity index (χ2v) is 8.73. The van der Waals surface area contributed by atoms with Gasteiger partial charge in [0, 0.05) is 20.5 Å². The standard InChI is InChI=1S/C20H28N2O4S2/c1-14(13-23)10-11-26-16-8-6-15(7-9-16)12-20(28-5)19(25)21(2)18(27-4)17(24)22(20)3/h6-10,18,23H,11-13H2,1-5H3/b14-10+/t18-,20-/m1/s1. The molecule has 0 spiro atoms. The topological polar surface area (TPSA) is 70.1 Å². The van der Waals surface area contributed by atoms with E-state index < -0.39 is 10.2 Å². The fourth-order valence-corrected chi connectivity index (χ4v) is 4.87. The maximum atomic E-state index is 13.2. The molecule has 1 aromatic rings. The SMILES string of the molecule is CS[C@@H]1C(=O)N(C)[C@](Cc2ccc(OC/C=C(\C)CO)cc2)(SC)C(=O)N1C. The molecule has 0 aromatic heterocycles. The molecule has 1 fully saturated rings. The first-order chi connectivity index (χ1) is 13.3. The predicted molar refractivity (Wildman–Crippen MR) is 116 cm³/mol. The number of carbonyl (C=O) groups excluding carboxylic acids is 2. The summed E-state index contributed by atoms with van der Waals surface area (Å²) >= 11 is 2.76. The van der Waals surface area contributed by atoms with Crippen LogP contribution in [-0.2, 0) is 16.0 Å². The number of hydrogen-bond donors (Lipinski definition) is 1. The van der Waals surface area contributed by atoms with Crippen LogP contribution in [0.4, 0.5) is 0 Å². The van der Waals surface area contributed by atoms with Crippen molar-refractivity contribution in [1.82, 2.24) is 9.80 Å². The summed E-state index contributed by atoms with van der Waals surface area (Å²) < 4.78 is 5.64. The Morgan fingerprint density at radius 1 is 1.25 bits per heavy atom. The van der Waals surface area contributed by atoms with Crippen LogP contribution in [0, 0.1) is 0 Å². The molecule has 6 nitrogen and oxygen atoms in total. The summed E-state index contributed by atoms with van der Waals surface area (Å²) in [5.41, 5.74) is 1.81. The summed E-state index contributed by atoms with van der Waals surface area (Å²) in [6.07, 6.45) is 5.95. The van der Waals surface area contributed by atoms with Gasteiger partial charge in [-0.3, -0.25) is 9.59 Å². The average Bonchev–Trinajstić information content (AvgIpc) is 2.71. The number of aliphatic hydroxyl groups excluding tert-OH is 1. The highest BCUT2D eigenvalue weighted by Crippen LogP contribution is 2.39. The minimum Gasteiger partial charge on any atom is -0.490 e. The van der Waals surface area contributed by atoms with Crippen molar-refractivity contribution in [2.24, 2.45) is 0 Å². The van der Waals surface area contributed by atoms with E-state index in [9.17, 15) is 9.59 Å². The highest BCUT2D eigenvalue weighted by atomic mass is 32.2. The molecule has 0 bridgehead atoms. The van der Waals surface area contributed by atoms with Gasteiger partial charge >= 0.3 is 0 Å². The molecule has 1 aliphatic rings. The number of nitrogens with zero attached hydrogens (tertiary/aromatic N) is 2. The van der Waals surface area contributed by atoms with Gasteiger partial charge in [0.15, 0.2) is 10.2 Å². The zero-order valence-electron chi connectivity index (χ0n) is 17.0. The van der Waals surface area contributed by atoms with Crippen LogP contribution in [-0.4, -0.2) is 76.8 Å². The first-order valence-electron chi connectivity index (χ1n) is 8.91. The largest absolute Gasteiger partial charge is 0.490 e. The fraction of sp³-hybridized carbons (Fsp3) is 0.500. The Labute approximate surface area is 175 Å². The minimum absolute atomic E-state index is 0.0190. The van der Waals surface area contributed by atoms with Crippen LogP contribution in [0.5, 0.6) is 5.75 Å². The van der Waals surface area contributed by atoms with Gasteiger partial charge in [0.25, 0.3) is 11.8 Å². The predicted octanol–water partition coefficient (Wildman–Crippen LogP) is 2.23. The molecule has 1 aliphatic heterocycles. The number of rotatable bonds is 8. The lowest BCUT2D eigenvalue weighted by Gasteiger charge is -2.48. The summed E-state index contributed by atoms with van der Waals surface area (Å²) in [7, 11) is 3.40. The van der Waals surface area contributed by atoms with Gasteiger partial charge in [-0.2, -0.15) is 0 Å². The van der Waals surface area contributed by atoms with E-state index in [1.165, 1.54) is 23.5 Å². The van der Waals surface area contributed by atoms with Crippen LogP contribution >= 0.6 is 23.5 Å². The molecule has 1 heterocycles. The zero-order valence-corrected chi connectivity index (χ0v) is 18.6. The zero-order chi connectivity index (χ0) is 20.9. The molecule has 28 heavy (non-hydrogen) atoms. The monoisotopic (exact) mass is 424 g/mol. The Kier molecular flexibility index (Phi) is 7.86. The number of carbonyl (C=O) groups is 2. The lowest BCUT2D eigenvalue weighted by atomic mass is 10.0. The molecule has 2 amide bonds.